The van der Waals surface area contributed by atoms with E-state index in [9.17, 15) is 18.0 Å². The second-order valence-electron chi connectivity index (χ2n) is 4.02. The van der Waals surface area contributed by atoms with Gasteiger partial charge in [0.25, 0.3) is 0 Å². The standard InChI is InChI=1S/C10H11F3N6O2/c1-3-21-9(20)7-8(10(11,12)13)19(17-16-7)4-6-15-14-5-18(6)2/h5H,3-4H2,1-2H3. The van der Waals surface area contributed by atoms with Crippen LogP contribution < -0.4 is 0 Å². The molecule has 0 bridgehead atoms. The molecule has 0 radical (unpaired) electrons. The number of hydrogen-bond acceptors (Lipinski definition) is 6. The van der Waals surface area contributed by atoms with Crippen molar-refractivity contribution >= 4 is 5.97 Å². The first-order valence-electron chi connectivity index (χ1n) is 5.85. The minimum Gasteiger partial charge on any atom is -0.461 e. The lowest BCUT2D eigenvalue weighted by atomic mass is 10.3. The van der Waals surface area contributed by atoms with Gasteiger partial charge in [-0.15, -0.1) is 15.3 Å². The van der Waals surface area contributed by atoms with E-state index in [2.05, 4.69) is 25.2 Å². The maximum Gasteiger partial charge on any atom is 0.435 e. The van der Waals surface area contributed by atoms with Gasteiger partial charge in [-0.2, -0.15) is 13.2 Å². The van der Waals surface area contributed by atoms with Crippen molar-refractivity contribution in [2.75, 3.05) is 6.61 Å². The van der Waals surface area contributed by atoms with E-state index in [1.165, 1.54) is 17.8 Å². The van der Waals surface area contributed by atoms with Gasteiger partial charge in [0.15, 0.2) is 11.5 Å². The van der Waals surface area contributed by atoms with Crippen molar-refractivity contribution < 1.29 is 22.7 Å². The lowest BCUT2D eigenvalue weighted by Crippen LogP contribution is -2.20. The molecule has 2 aromatic heterocycles. The van der Waals surface area contributed by atoms with E-state index < -0.39 is 23.5 Å². The first-order chi connectivity index (χ1) is 9.84. The molecule has 21 heavy (non-hydrogen) atoms. The number of nitrogens with zero attached hydrogens (tertiary/aromatic N) is 6. The molecule has 0 fully saturated rings. The van der Waals surface area contributed by atoms with Crippen molar-refractivity contribution in [3.05, 3.63) is 23.5 Å². The molecule has 0 atom stereocenters. The van der Waals surface area contributed by atoms with E-state index in [1.807, 2.05) is 0 Å². The fourth-order valence-electron chi connectivity index (χ4n) is 1.63. The summed E-state index contributed by atoms with van der Waals surface area (Å²) in [4.78, 5) is 11.5. The Balaban J connectivity index is 2.42. The molecule has 0 saturated heterocycles. The summed E-state index contributed by atoms with van der Waals surface area (Å²) >= 11 is 0. The van der Waals surface area contributed by atoms with Gasteiger partial charge in [-0.3, -0.25) is 0 Å². The highest BCUT2D eigenvalue weighted by Gasteiger charge is 2.42. The van der Waals surface area contributed by atoms with E-state index >= 15 is 0 Å². The third-order valence-corrected chi connectivity index (χ3v) is 2.57. The van der Waals surface area contributed by atoms with Crippen LogP contribution in [0.15, 0.2) is 6.33 Å². The third-order valence-electron chi connectivity index (χ3n) is 2.57. The van der Waals surface area contributed by atoms with Crippen LogP contribution in [0, 0.1) is 0 Å². The van der Waals surface area contributed by atoms with E-state index in [4.69, 9.17) is 0 Å². The minimum absolute atomic E-state index is 0.0632. The molecule has 0 N–H and O–H groups in total. The monoisotopic (exact) mass is 304 g/mol. The summed E-state index contributed by atoms with van der Waals surface area (Å²) in [5.74, 6) is -0.935. The van der Waals surface area contributed by atoms with Gasteiger partial charge in [0.05, 0.1) is 6.61 Å². The Bertz CT molecular complexity index is 648. The van der Waals surface area contributed by atoms with Crippen molar-refractivity contribution in [2.24, 2.45) is 7.05 Å². The quantitative estimate of drug-likeness (QED) is 0.771. The lowest BCUT2D eigenvalue weighted by molar-refractivity contribution is -0.144. The summed E-state index contributed by atoms with van der Waals surface area (Å²) in [6, 6.07) is 0. The second kappa shape index (κ2) is 5.50. The Hall–Kier alpha value is -2.46. The molecule has 0 aliphatic rings. The predicted octanol–water partition coefficient (Wildman–Crippen LogP) is 0.650. The number of aryl methyl sites for hydroxylation is 1. The average Bonchev–Trinajstić information content (AvgIpc) is 2.97. The normalized spacial score (nSPS) is 11.7. The number of alkyl halides is 3. The van der Waals surface area contributed by atoms with Gasteiger partial charge in [-0.05, 0) is 6.92 Å². The molecule has 0 saturated carbocycles. The average molecular weight is 304 g/mol. The van der Waals surface area contributed by atoms with Gasteiger partial charge in [0, 0.05) is 7.05 Å². The van der Waals surface area contributed by atoms with Gasteiger partial charge in [0.1, 0.15) is 12.9 Å². The van der Waals surface area contributed by atoms with E-state index in [0.717, 1.165) is 0 Å². The van der Waals surface area contributed by atoms with Crippen LogP contribution in [-0.2, 0) is 24.5 Å². The highest BCUT2D eigenvalue weighted by atomic mass is 19.4. The van der Waals surface area contributed by atoms with E-state index in [1.54, 1.807) is 7.05 Å². The Kier molecular flexibility index (Phi) is 3.91. The van der Waals surface area contributed by atoms with E-state index in [-0.39, 0.29) is 19.0 Å². The molecule has 0 unspecified atom stereocenters. The number of ether oxygens (including phenoxy) is 1. The van der Waals surface area contributed by atoms with E-state index in [0.29, 0.717) is 4.68 Å². The largest absolute Gasteiger partial charge is 0.461 e. The summed E-state index contributed by atoms with van der Waals surface area (Å²) in [6.45, 7) is 1.10. The summed E-state index contributed by atoms with van der Waals surface area (Å²) in [5, 5.41) is 13.9. The van der Waals surface area contributed by atoms with Crippen molar-refractivity contribution in [1.29, 1.82) is 0 Å². The van der Waals surface area contributed by atoms with Crippen LogP contribution in [0.5, 0.6) is 0 Å². The van der Waals surface area contributed by atoms with Gasteiger partial charge in [-0.1, -0.05) is 5.21 Å². The van der Waals surface area contributed by atoms with Crippen molar-refractivity contribution in [2.45, 2.75) is 19.6 Å². The van der Waals surface area contributed by atoms with Gasteiger partial charge in [-0.25, -0.2) is 9.48 Å². The zero-order valence-corrected chi connectivity index (χ0v) is 11.1. The molecule has 2 aromatic rings. The molecule has 11 heteroatoms. The Morgan fingerprint density at radius 3 is 2.62 bits per heavy atom. The smallest absolute Gasteiger partial charge is 0.435 e. The zero-order chi connectivity index (χ0) is 15.6. The predicted molar refractivity (Wildman–Crippen MR) is 61.1 cm³/mol. The fraction of sp³-hybridized carbons (Fsp3) is 0.500. The number of aromatic nitrogens is 6. The Morgan fingerprint density at radius 2 is 2.10 bits per heavy atom. The fourth-order valence-corrected chi connectivity index (χ4v) is 1.63. The SMILES string of the molecule is CCOC(=O)c1nnn(Cc2nncn2C)c1C(F)(F)F. The summed E-state index contributed by atoms with van der Waals surface area (Å²) in [6.07, 6.45) is -3.46. The summed E-state index contributed by atoms with van der Waals surface area (Å²) in [5.41, 5.74) is -2.14. The molecular weight excluding hydrogens is 293 g/mol. The maximum atomic E-state index is 13.1. The van der Waals surface area contributed by atoms with Gasteiger partial charge in [0.2, 0.25) is 5.69 Å². The van der Waals surface area contributed by atoms with Gasteiger partial charge >= 0.3 is 12.1 Å². The van der Waals surface area contributed by atoms with Crippen LogP contribution in [0.2, 0.25) is 0 Å². The molecule has 0 amide bonds. The highest BCUT2D eigenvalue weighted by molar-refractivity contribution is 5.88. The molecule has 2 rings (SSSR count). The van der Waals surface area contributed by atoms with Crippen LogP contribution in [0.1, 0.15) is 28.9 Å². The minimum atomic E-state index is -4.80. The number of esters is 1. The summed E-state index contributed by atoms with van der Waals surface area (Å²) in [7, 11) is 1.58. The number of hydrogen-bond donors (Lipinski definition) is 0. The molecule has 114 valence electrons. The van der Waals surface area contributed by atoms with Crippen LogP contribution in [0.25, 0.3) is 0 Å². The molecule has 2 heterocycles. The maximum absolute atomic E-state index is 13.1. The molecular formula is C10H11F3N6O2. The first-order valence-corrected chi connectivity index (χ1v) is 5.85. The molecule has 0 aromatic carbocycles. The number of carbonyl (C=O) groups excluding carboxylic acids is 1. The molecule has 0 aliphatic heterocycles. The zero-order valence-electron chi connectivity index (χ0n) is 11.1. The first kappa shape index (κ1) is 14.9. The lowest BCUT2D eigenvalue weighted by Gasteiger charge is -2.10. The van der Waals surface area contributed by atoms with Crippen LogP contribution in [-0.4, -0.2) is 42.3 Å². The van der Waals surface area contributed by atoms with Crippen molar-refractivity contribution in [3.63, 3.8) is 0 Å². The van der Waals surface area contributed by atoms with Crippen LogP contribution >= 0.6 is 0 Å². The Morgan fingerprint density at radius 1 is 1.38 bits per heavy atom. The molecule has 0 aliphatic carbocycles. The number of rotatable bonds is 4. The Labute approximate surface area is 116 Å². The third kappa shape index (κ3) is 3.01. The number of carbonyl (C=O) groups is 1. The summed E-state index contributed by atoms with van der Waals surface area (Å²) < 4.78 is 45.9. The van der Waals surface area contributed by atoms with Crippen LogP contribution in [0.3, 0.4) is 0 Å². The molecule has 0 spiro atoms. The number of halogens is 3. The van der Waals surface area contributed by atoms with Gasteiger partial charge < -0.3 is 9.30 Å². The van der Waals surface area contributed by atoms with Crippen molar-refractivity contribution in [3.8, 4) is 0 Å². The topological polar surface area (TPSA) is 87.7 Å². The highest BCUT2D eigenvalue weighted by Crippen LogP contribution is 2.31. The van der Waals surface area contributed by atoms with Crippen molar-refractivity contribution in [1.82, 2.24) is 29.8 Å². The second-order valence-corrected chi connectivity index (χ2v) is 4.02. The molecule has 8 nitrogen and oxygen atoms in total. The van der Waals surface area contributed by atoms with Crippen LogP contribution in [0.4, 0.5) is 13.2 Å².